The molecule has 2 N–H and O–H groups in total. The highest BCUT2D eigenvalue weighted by molar-refractivity contribution is 7.80. The van der Waals surface area contributed by atoms with E-state index in [2.05, 4.69) is 17.6 Å². The predicted molar refractivity (Wildman–Crippen MR) is 77.2 cm³/mol. The lowest BCUT2D eigenvalue weighted by molar-refractivity contribution is 0.453. The summed E-state index contributed by atoms with van der Waals surface area (Å²) in [6.07, 6.45) is 5.28. The van der Waals surface area contributed by atoms with Gasteiger partial charge in [-0.1, -0.05) is 31.5 Å². The van der Waals surface area contributed by atoms with Crippen molar-refractivity contribution in [3.8, 4) is 0 Å². The van der Waals surface area contributed by atoms with Gasteiger partial charge in [-0.15, -0.1) is 0 Å². The maximum Gasteiger partial charge on any atom is 0.170 e. The molecule has 1 aromatic rings. The van der Waals surface area contributed by atoms with Crippen LogP contribution in [0, 0.1) is 5.41 Å². The lowest BCUT2D eigenvalue weighted by atomic mass is 10.0. The molecule has 1 saturated carbocycles. The highest BCUT2D eigenvalue weighted by atomic mass is 32.1. The van der Waals surface area contributed by atoms with Crippen molar-refractivity contribution in [2.45, 2.75) is 32.6 Å². The maximum atomic E-state index is 5.29. The molecule has 92 valence electrons. The van der Waals surface area contributed by atoms with Gasteiger partial charge in [0, 0.05) is 12.2 Å². The Hall–Kier alpha value is -1.09. The first-order chi connectivity index (χ1) is 8.24. The van der Waals surface area contributed by atoms with Gasteiger partial charge in [0.05, 0.1) is 0 Å². The highest BCUT2D eigenvalue weighted by Gasteiger charge is 2.41. The van der Waals surface area contributed by atoms with E-state index in [9.17, 15) is 0 Å². The Morgan fingerprint density at radius 1 is 1.29 bits per heavy atom. The van der Waals surface area contributed by atoms with E-state index >= 15 is 0 Å². The van der Waals surface area contributed by atoms with Gasteiger partial charge < -0.3 is 10.6 Å². The van der Waals surface area contributed by atoms with E-state index < -0.39 is 0 Å². The molecule has 0 radical (unpaired) electrons. The molecule has 0 bridgehead atoms. The zero-order valence-electron chi connectivity index (χ0n) is 10.3. The van der Waals surface area contributed by atoms with Crippen molar-refractivity contribution < 1.29 is 0 Å². The molecule has 1 aliphatic carbocycles. The van der Waals surface area contributed by atoms with Gasteiger partial charge in [-0.3, -0.25) is 0 Å². The zero-order chi connectivity index (χ0) is 12.1. The zero-order valence-corrected chi connectivity index (χ0v) is 11.1. The van der Waals surface area contributed by atoms with Crippen LogP contribution in [0.1, 0.15) is 32.6 Å². The molecule has 0 unspecified atom stereocenters. The fourth-order valence-electron chi connectivity index (χ4n) is 2.19. The first kappa shape index (κ1) is 12.4. The van der Waals surface area contributed by atoms with Crippen molar-refractivity contribution in [3.05, 3.63) is 30.3 Å². The molecule has 0 heterocycles. The summed E-state index contributed by atoms with van der Waals surface area (Å²) in [6.45, 7) is 3.26. The third-order valence-electron chi connectivity index (χ3n) is 3.39. The summed E-state index contributed by atoms with van der Waals surface area (Å²) in [5, 5.41) is 7.28. The van der Waals surface area contributed by atoms with Gasteiger partial charge in [0.1, 0.15) is 0 Å². The molecule has 1 aliphatic rings. The number of benzene rings is 1. The van der Waals surface area contributed by atoms with E-state index in [-0.39, 0.29) is 0 Å². The van der Waals surface area contributed by atoms with E-state index in [0.717, 1.165) is 17.3 Å². The van der Waals surface area contributed by atoms with Crippen molar-refractivity contribution in [3.63, 3.8) is 0 Å². The van der Waals surface area contributed by atoms with E-state index in [4.69, 9.17) is 12.2 Å². The van der Waals surface area contributed by atoms with Gasteiger partial charge in [-0.05, 0) is 49.0 Å². The van der Waals surface area contributed by atoms with Crippen molar-refractivity contribution in [1.82, 2.24) is 5.32 Å². The van der Waals surface area contributed by atoms with Crippen molar-refractivity contribution >= 4 is 23.0 Å². The fraction of sp³-hybridized carbons (Fsp3) is 0.500. The number of anilines is 1. The molecule has 3 heteroatoms. The lowest BCUT2D eigenvalue weighted by Gasteiger charge is -2.17. The van der Waals surface area contributed by atoms with Crippen LogP contribution in [0.5, 0.6) is 0 Å². The second-order valence-electron chi connectivity index (χ2n) is 4.92. The SMILES string of the molecule is CCCC1(CNC(=S)Nc2ccccc2)CC1. The van der Waals surface area contributed by atoms with Crippen molar-refractivity contribution in [1.29, 1.82) is 0 Å². The quantitative estimate of drug-likeness (QED) is 0.779. The first-order valence-corrected chi connectivity index (χ1v) is 6.75. The summed E-state index contributed by atoms with van der Waals surface area (Å²) in [5.74, 6) is 0. The number of hydrogen-bond acceptors (Lipinski definition) is 1. The number of rotatable bonds is 5. The third-order valence-corrected chi connectivity index (χ3v) is 3.64. The van der Waals surface area contributed by atoms with E-state index in [0.29, 0.717) is 5.41 Å². The number of hydrogen-bond donors (Lipinski definition) is 2. The van der Waals surface area contributed by atoms with Gasteiger partial charge in [-0.25, -0.2) is 0 Å². The van der Waals surface area contributed by atoms with Crippen LogP contribution in [-0.2, 0) is 0 Å². The molecule has 1 fully saturated rings. The second-order valence-corrected chi connectivity index (χ2v) is 5.33. The molecule has 0 spiro atoms. The Kier molecular flexibility index (Phi) is 4.00. The molecule has 0 saturated heterocycles. The highest BCUT2D eigenvalue weighted by Crippen LogP contribution is 2.48. The molecular weight excluding hydrogens is 228 g/mol. The van der Waals surface area contributed by atoms with Gasteiger partial charge in [0.25, 0.3) is 0 Å². The van der Waals surface area contributed by atoms with Crippen LogP contribution >= 0.6 is 12.2 Å². The van der Waals surface area contributed by atoms with Gasteiger partial charge in [0.15, 0.2) is 5.11 Å². The molecule has 0 aliphatic heterocycles. The summed E-state index contributed by atoms with van der Waals surface area (Å²) in [6, 6.07) is 10.1. The molecule has 1 aromatic carbocycles. The Morgan fingerprint density at radius 2 is 2.00 bits per heavy atom. The summed E-state index contributed by atoms with van der Waals surface area (Å²) < 4.78 is 0. The molecule has 0 aromatic heterocycles. The van der Waals surface area contributed by atoms with Crippen LogP contribution in [0.15, 0.2) is 30.3 Å². The average Bonchev–Trinajstić information content (AvgIpc) is 3.09. The van der Waals surface area contributed by atoms with Crippen LogP contribution in [0.4, 0.5) is 5.69 Å². The van der Waals surface area contributed by atoms with E-state index in [1.807, 2.05) is 30.3 Å². The first-order valence-electron chi connectivity index (χ1n) is 6.34. The second kappa shape index (κ2) is 5.50. The number of thiocarbonyl (C=S) groups is 1. The van der Waals surface area contributed by atoms with Gasteiger partial charge in [0.2, 0.25) is 0 Å². The summed E-state index contributed by atoms with van der Waals surface area (Å²) in [5.41, 5.74) is 1.59. The Labute approximate surface area is 109 Å². The smallest absolute Gasteiger partial charge is 0.170 e. The minimum absolute atomic E-state index is 0.539. The number of nitrogens with one attached hydrogen (secondary N) is 2. The minimum atomic E-state index is 0.539. The largest absolute Gasteiger partial charge is 0.362 e. The van der Waals surface area contributed by atoms with Crippen LogP contribution in [-0.4, -0.2) is 11.7 Å². The Balaban J connectivity index is 1.75. The van der Waals surface area contributed by atoms with E-state index in [1.54, 1.807) is 0 Å². The normalized spacial score (nSPS) is 16.3. The molecule has 2 nitrogen and oxygen atoms in total. The van der Waals surface area contributed by atoms with Crippen LogP contribution in [0.3, 0.4) is 0 Å². The topological polar surface area (TPSA) is 24.1 Å². The minimum Gasteiger partial charge on any atom is -0.362 e. The van der Waals surface area contributed by atoms with Crippen molar-refractivity contribution in [2.75, 3.05) is 11.9 Å². The van der Waals surface area contributed by atoms with Crippen LogP contribution in [0.2, 0.25) is 0 Å². The molecule has 17 heavy (non-hydrogen) atoms. The predicted octanol–water partition coefficient (Wildman–Crippen LogP) is 3.55. The fourth-order valence-corrected chi connectivity index (χ4v) is 2.38. The summed E-state index contributed by atoms with van der Waals surface area (Å²) >= 11 is 5.29. The number of para-hydroxylation sites is 1. The summed E-state index contributed by atoms with van der Waals surface area (Å²) in [7, 11) is 0. The van der Waals surface area contributed by atoms with Crippen LogP contribution < -0.4 is 10.6 Å². The van der Waals surface area contributed by atoms with Crippen LogP contribution in [0.25, 0.3) is 0 Å². The Morgan fingerprint density at radius 3 is 2.59 bits per heavy atom. The third kappa shape index (κ3) is 3.70. The maximum absolute atomic E-state index is 5.29. The van der Waals surface area contributed by atoms with Crippen molar-refractivity contribution in [2.24, 2.45) is 5.41 Å². The standard InChI is InChI=1S/C14H20N2S/c1-2-8-14(9-10-14)11-15-13(17)16-12-6-4-3-5-7-12/h3-7H,2,8-11H2,1H3,(H2,15,16,17). The summed E-state index contributed by atoms with van der Waals surface area (Å²) in [4.78, 5) is 0. The molecule has 2 rings (SSSR count). The average molecular weight is 248 g/mol. The molecular formula is C14H20N2S. The lowest BCUT2D eigenvalue weighted by Crippen LogP contribution is -2.33. The molecule has 0 atom stereocenters. The monoisotopic (exact) mass is 248 g/mol. The van der Waals surface area contributed by atoms with E-state index in [1.165, 1.54) is 25.7 Å². The Bertz CT molecular complexity index is 371. The molecule has 0 amide bonds. The van der Waals surface area contributed by atoms with Gasteiger partial charge >= 0.3 is 0 Å². The van der Waals surface area contributed by atoms with Gasteiger partial charge in [-0.2, -0.15) is 0 Å².